The third kappa shape index (κ3) is 1.99. The third-order valence-electron chi connectivity index (χ3n) is 2.56. The topological polar surface area (TPSA) is 32.9 Å². The number of nitrogens with one attached hydrogen (secondary N) is 1. The highest BCUT2D eigenvalue weighted by Crippen LogP contribution is 2.18. The van der Waals surface area contributed by atoms with E-state index in [1.165, 1.54) is 0 Å². The van der Waals surface area contributed by atoms with E-state index in [4.69, 9.17) is 0 Å². The molecule has 1 aromatic heterocycles. The van der Waals surface area contributed by atoms with Crippen LogP contribution in [-0.4, -0.2) is 10.8 Å². The lowest BCUT2D eigenvalue weighted by atomic mass is 9.95. The van der Waals surface area contributed by atoms with Crippen LogP contribution in [0.4, 0.5) is 0 Å². The second-order valence-corrected chi connectivity index (χ2v) is 3.58. The van der Waals surface area contributed by atoms with Gasteiger partial charge in [0, 0.05) is 12.1 Å². The second kappa shape index (κ2) is 4.13. The summed E-state index contributed by atoms with van der Waals surface area (Å²) in [5.74, 6) is 0.0380. The highest BCUT2D eigenvalue weighted by molar-refractivity contribution is 5.99. The predicted octanol–water partition coefficient (Wildman–Crippen LogP) is 3.00. The zero-order chi connectivity index (χ0) is 10.7. The summed E-state index contributed by atoms with van der Waals surface area (Å²) >= 11 is 0. The number of ketones is 1. The largest absolute Gasteiger partial charge is 0.359 e. The van der Waals surface area contributed by atoms with Gasteiger partial charge >= 0.3 is 0 Å². The number of hydrogen-bond donors (Lipinski definition) is 1. The molecular formula is C13H13NO. The number of aromatic amines is 1. The molecule has 2 nitrogen and oxygen atoms in total. The van der Waals surface area contributed by atoms with Crippen LogP contribution < -0.4 is 0 Å². The maximum Gasteiger partial charge on any atom is 0.186 e. The minimum Gasteiger partial charge on any atom is -0.359 e. The molecule has 76 valence electrons. The van der Waals surface area contributed by atoms with Crippen LogP contribution in [0.5, 0.6) is 0 Å². The van der Waals surface area contributed by atoms with Crippen LogP contribution in [0, 0.1) is 0 Å². The van der Waals surface area contributed by atoms with E-state index in [2.05, 4.69) is 4.98 Å². The minimum absolute atomic E-state index is 0.0927. The van der Waals surface area contributed by atoms with Crippen molar-refractivity contribution in [1.82, 2.24) is 4.98 Å². The predicted molar refractivity (Wildman–Crippen MR) is 60.0 cm³/mol. The fraction of sp³-hybridized carbons (Fsp3) is 0.154. The normalized spacial score (nSPS) is 12.3. The lowest BCUT2D eigenvalue weighted by Gasteiger charge is -2.09. The monoisotopic (exact) mass is 199 g/mol. The Kier molecular flexibility index (Phi) is 2.68. The molecule has 1 heterocycles. The van der Waals surface area contributed by atoms with Crippen LogP contribution in [0.1, 0.15) is 28.9 Å². The van der Waals surface area contributed by atoms with E-state index in [0.29, 0.717) is 5.69 Å². The molecule has 0 saturated carbocycles. The molecule has 0 bridgehead atoms. The zero-order valence-corrected chi connectivity index (χ0v) is 8.60. The van der Waals surface area contributed by atoms with E-state index >= 15 is 0 Å². The van der Waals surface area contributed by atoms with Crippen molar-refractivity contribution in [2.24, 2.45) is 0 Å². The summed E-state index contributed by atoms with van der Waals surface area (Å²) in [4.78, 5) is 14.9. The summed E-state index contributed by atoms with van der Waals surface area (Å²) in [5.41, 5.74) is 1.73. The molecule has 0 spiro atoms. The van der Waals surface area contributed by atoms with Gasteiger partial charge in [0.15, 0.2) is 5.78 Å². The Morgan fingerprint density at radius 2 is 1.87 bits per heavy atom. The zero-order valence-electron chi connectivity index (χ0n) is 8.60. The molecule has 1 unspecified atom stereocenters. The van der Waals surface area contributed by atoms with Crippen molar-refractivity contribution in [2.75, 3.05) is 0 Å². The number of benzene rings is 1. The molecule has 0 amide bonds. The van der Waals surface area contributed by atoms with Gasteiger partial charge in [-0.2, -0.15) is 0 Å². The fourth-order valence-electron chi connectivity index (χ4n) is 1.61. The van der Waals surface area contributed by atoms with Crippen LogP contribution in [0.25, 0.3) is 0 Å². The van der Waals surface area contributed by atoms with Crippen molar-refractivity contribution in [3.63, 3.8) is 0 Å². The lowest BCUT2D eigenvalue weighted by molar-refractivity contribution is 0.0962. The molecule has 2 rings (SSSR count). The molecule has 0 aliphatic carbocycles. The van der Waals surface area contributed by atoms with Crippen LogP contribution >= 0.6 is 0 Å². The van der Waals surface area contributed by atoms with Gasteiger partial charge in [0.2, 0.25) is 0 Å². The van der Waals surface area contributed by atoms with Crippen molar-refractivity contribution < 1.29 is 4.79 Å². The Hall–Kier alpha value is -1.83. The van der Waals surface area contributed by atoms with Gasteiger partial charge in [-0.05, 0) is 17.7 Å². The SMILES string of the molecule is CC(C(=O)c1ccc[nH]1)c1ccccc1. The number of carbonyl (C=O) groups is 1. The van der Waals surface area contributed by atoms with Gasteiger partial charge in [-0.15, -0.1) is 0 Å². The first kappa shape index (κ1) is 9.71. The van der Waals surface area contributed by atoms with E-state index in [1.807, 2.05) is 49.4 Å². The highest BCUT2D eigenvalue weighted by Gasteiger charge is 2.16. The number of rotatable bonds is 3. The number of hydrogen-bond acceptors (Lipinski definition) is 1. The van der Waals surface area contributed by atoms with Crippen molar-refractivity contribution in [1.29, 1.82) is 0 Å². The average molecular weight is 199 g/mol. The van der Waals surface area contributed by atoms with Crippen LogP contribution in [0.15, 0.2) is 48.7 Å². The van der Waals surface area contributed by atoms with Gasteiger partial charge in [0.25, 0.3) is 0 Å². The molecule has 2 aromatic rings. The summed E-state index contributed by atoms with van der Waals surface area (Å²) in [6, 6.07) is 13.5. The van der Waals surface area contributed by atoms with E-state index < -0.39 is 0 Å². The standard InChI is InChI=1S/C13H13NO/c1-10(11-6-3-2-4-7-11)13(15)12-8-5-9-14-12/h2-10,14H,1H3. The van der Waals surface area contributed by atoms with Crippen LogP contribution in [-0.2, 0) is 0 Å². The van der Waals surface area contributed by atoms with E-state index in [1.54, 1.807) is 6.20 Å². The maximum absolute atomic E-state index is 12.0. The van der Waals surface area contributed by atoms with Crippen LogP contribution in [0.2, 0.25) is 0 Å². The van der Waals surface area contributed by atoms with Gasteiger partial charge in [0.05, 0.1) is 5.69 Å². The van der Waals surface area contributed by atoms with Gasteiger partial charge in [-0.25, -0.2) is 0 Å². The van der Waals surface area contributed by atoms with Crippen molar-refractivity contribution in [2.45, 2.75) is 12.8 Å². The number of carbonyl (C=O) groups excluding carboxylic acids is 1. The van der Waals surface area contributed by atoms with Gasteiger partial charge < -0.3 is 4.98 Å². The molecule has 15 heavy (non-hydrogen) atoms. The molecule has 0 saturated heterocycles. The molecule has 0 fully saturated rings. The molecule has 1 atom stereocenters. The Morgan fingerprint density at radius 1 is 1.13 bits per heavy atom. The molecule has 0 aliphatic rings. The summed E-state index contributed by atoms with van der Waals surface area (Å²) in [7, 11) is 0. The molecule has 0 aliphatic heterocycles. The van der Waals surface area contributed by atoms with Gasteiger partial charge in [0.1, 0.15) is 0 Å². The molecule has 1 aromatic carbocycles. The maximum atomic E-state index is 12.0. The Balaban J connectivity index is 2.23. The molecule has 2 heteroatoms. The highest BCUT2D eigenvalue weighted by atomic mass is 16.1. The number of aromatic nitrogens is 1. The summed E-state index contributed by atoms with van der Waals surface area (Å²) in [6.45, 7) is 1.93. The minimum atomic E-state index is -0.0927. The Labute approximate surface area is 89.0 Å². The first-order chi connectivity index (χ1) is 7.29. The molecular weight excluding hydrogens is 186 g/mol. The van der Waals surface area contributed by atoms with Crippen molar-refractivity contribution >= 4 is 5.78 Å². The summed E-state index contributed by atoms with van der Waals surface area (Å²) in [5, 5.41) is 0. The van der Waals surface area contributed by atoms with E-state index in [-0.39, 0.29) is 11.7 Å². The average Bonchev–Trinajstić information content (AvgIpc) is 2.82. The molecule has 0 radical (unpaired) electrons. The van der Waals surface area contributed by atoms with Gasteiger partial charge in [-0.3, -0.25) is 4.79 Å². The van der Waals surface area contributed by atoms with Gasteiger partial charge in [-0.1, -0.05) is 37.3 Å². The Morgan fingerprint density at radius 3 is 2.47 bits per heavy atom. The smallest absolute Gasteiger partial charge is 0.186 e. The summed E-state index contributed by atoms with van der Waals surface area (Å²) < 4.78 is 0. The van der Waals surface area contributed by atoms with E-state index in [0.717, 1.165) is 5.56 Å². The number of H-pyrrole nitrogens is 1. The fourth-order valence-corrected chi connectivity index (χ4v) is 1.61. The lowest BCUT2D eigenvalue weighted by Crippen LogP contribution is -2.09. The van der Waals surface area contributed by atoms with Crippen LogP contribution in [0.3, 0.4) is 0 Å². The Bertz CT molecular complexity index is 431. The molecule has 1 N–H and O–H groups in total. The first-order valence-electron chi connectivity index (χ1n) is 5.01. The van der Waals surface area contributed by atoms with E-state index in [9.17, 15) is 4.79 Å². The van der Waals surface area contributed by atoms with Crippen molar-refractivity contribution in [3.05, 3.63) is 59.9 Å². The third-order valence-corrected chi connectivity index (χ3v) is 2.56. The second-order valence-electron chi connectivity index (χ2n) is 3.58. The first-order valence-corrected chi connectivity index (χ1v) is 5.01. The summed E-state index contributed by atoms with van der Waals surface area (Å²) in [6.07, 6.45) is 1.77. The quantitative estimate of drug-likeness (QED) is 0.757. The van der Waals surface area contributed by atoms with Crippen molar-refractivity contribution in [3.8, 4) is 0 Å². The number of Topliss-reactive ketones (excluding diaryl/α,β-unsaturated/α-hetero) is 1.